The molecule has 2 saturated heterocycles. The number of hydrogen-bond donors (Lipinski definition) is 4. The molecule has 1 aliphatic carbocycles. The van der Waals surface area contributed by atoms with Crippen molar-refractivity contribution in [3.05, 3.63) is 0 Å². The van der Waals surface area contributed by atoms with E-state index in [1.807, 2.05) is 0 Å². The molecule has 5 amide bonds. The highest BCUT2D eigenvalue weighted by molar-refractivity contribution is 5.97. The lowest BCUT2D eigenvalue weighted by Crippen LogP contribution is -2.71. The molecule has 2 aliphatic heterocycles. The second kappa shape index (κ2) is 7.38. The second-order valence-corrected chi connectivity index (χ2v) is 7.05. The summed E-state index contributed by atoms with van der Waals surface area (Å²) in [6.07, 6.45) is 6.36. The Labute approximate surface area is 142 Å². The maximum Gasteiger partial charge on any atom is 0.328 e. The molecular formula is C16H27N5O3. The summed E-state index contributed by atoms with van der Waals surface area (Å²) < 4.78 is 0. The van der Waals surface area contributed by atoms with E-state index in [4.69, 9.17) is 0 Å². The molecule has 3 fully saturated rings. The van der Waals surface area contributed by atoms with Gasteiger partial charge >= 0.3 is 12.1 Å². The number of amides is 5. The first-order valence-corrected chi connectivity index (χ1v) is 8.97. The first-order chi connectivity index (χ1) is 11.5. The maximum absolute atomic E-state index is 12.4. The Hall–Kier alpha value is -1.83. The number of nitrogens with one attached hydrogen (secondary N) is 4. The van der Waals surface area contributed by atoms with Gasteiger partial charge in [0.15, 0.2) is 6.29 Å². The van der Waals surface area contributed by atoms with Crippen LogP contribution in [0.4, 0.5) is 9.59 Å². The molecule has 0 bridgehead atoms. The van der Waals surface area contributed by atoms with Crippen LogP contribution in [0.1, 0.15) is 51.9 Å². The van der Waals surface area contributed by atoms with Crippen molar-refractivity contribution in [2.75, 3.05) is 6.54 Å². The van der Waals surface area contributed by atoms with Gasteiger partial charge in [-0.3, -0.25) is 10.1 Å². The van der Waals surface area contributed by atoms with Gasteiger partial charge < -0.3 is 16.0 Å². The third-order valence-corrected chi connectivity index (χ3v) is 5.35. The number of nitrogens with zero attached hydrogens (tertiary/aromatic N) is 1. The number of rotatable bonds is 4. The summed E-state index contributed by atoms with van der Waals surface area (Å²) in [4.78, 5) is 37.4. The third kappa shape index (κ3) is 3.80. The van der Waals surface area contributed by atoms with Crippen LogP contribution < -0.4 is 21.3 Å². The van der Waals surface area contributed by atoms with Crippen LogP contribution in [0, 0.1) is 5.92 Å². The fourth-order valence-electron chi connectivity index (χ4n) is 3.95. The number of piperidine rings is 1. The summed E-state index contributed by atoms with van der Waals surface area (Å²) in [7, 11) is 0. The SMILES string of the molecule is C[C@H](NC1NC(=O)N(C2CCNC(=O)C2)C(=O)N1)C1CCCCC1. The van der Waals surface area contributed by atoms with Gasteiger partial charge in [-0.2, -0.15) is 0 Å². The van der Waals surface area contributed by atoms with E-state index < -0.39 is 18.4 Å². The Balaban J connectivity index is 1.55. The van der Waals surface area contributed by atoms with Gasteiger partial charge in [-0.05, 0) is 32.1 Å². The standard InChI is InChI=1S/C16H27N5O3/c1-10(11-5-3-2-4-6-11)18-14-19-15(23)21(16(24)20-14)12-7-8-17-13(22)9-12/h10-12,14,18H,2-9H2,1H3,(H,17,22)(H,19,23)(H,20,24)/t10-,12?/m0/s1. The molecule has 4 N–H and O–H groups in total. The van der Waals surface area contributed by atoms with Crippen molar-refractivity contribution in [2.24, 2.45) is 5.92 Å². The average Bonchev–Trinajstić information content (AvgIpc) is 2.55. The molecule has 0 radical (unpaired) electrons. The summed E-state index contributed by atoms with van der Waals surface area (Å²) in [5.74, 6) is 0.450. The van der Waals surface area contributed by atoms with Crippen molar-refractivity contribution in [1.82, 2.24) is 26.2 Å². The van der Waals surface area contributed by atoms with Crippen LogP contribution in [0.2, 0.25) is 0 Å². The number of urea groups is 2. The van der Waals surface area contributed by atoms with Gasteiger partial charge in [0, 0.05) is 19.0 Å². The molecule has 0 aromatic rings. The van der Waals surface area contributed by atoms with Crippen molar-refractivity contribution in [3.63, 3.8) is 0 Å². The van der Waals surface area contributed by atoms with E-state index in [-0.39, 0.29) is 24.4 Å². The van der Waals surface area contributed by atoms with Crippen molar-refractivity contribution >= 4 is 18.0 Å². The average molecular weight is 337 g/mol. The highest BCUT2D eigenvalue weighted by Crippen LogP contribution is 2.26. The van der Waals surface area contributed by atoms with Crippen LogP contribution in [0.15, 0.2) is 0 Å². The molecule has 134 valence electrons. The zero-order valence-corrected chi connectivity index (χ0v) is 14.1. The molecule has 8 heteroatoms. The Morgan fingerprint density at radius 3 is 2.33 bits per heavy atom. The predicted octanol–water partition coefficient (Wildman–Crippen LogP) is 0.842. The summed E-state index contributed by atoms with van der Waals surface area (Å²) in [6, 6.07) is -1.03. The Morgan fingerprint density at radius 1 is 1.04 bits per heavy atom. The topological polar surface area (TPSA) is 103 Å². The van der Waals surface area contributed by atoms with Gasteiger partial charge in [0.1, 0.15) is 0 Å². The molecule has 0 aromatic heterocycles. The quantitative estimate of drug-likeness (QED) is 0.610. The first-order valence-electron chi connectivity index (χ1n) is 8.97. The molecule has 2 atom stereocenters. The van der Waals surface area contributed by atoms with Gasteiger partial charge in [-0.25, -0.2) is 14.5 Å². The Morgan fingerprint density at radius 2 is 1.71 bits per heavy atom. The van der Waals surface area contributed by atoms with Crippen LogP contribution in [-0.2, 0) is 4.79 Å². The highest BCUT2D eigenvalue weighted by atomic mass is 16.2. The van der Waals surface area contributed by atoms with Crippen molar-refractivity contribution in [1.29, 1.82) is 0 Å². The minimum atomic E-state index is -0.560. The fraction of sp³-hybridized carbons (Fsp3) is 0.812. The van der Waals surface area contributed by atoms with Crippen LogP contribution in [0.3, 0.4) is 0 Å². The molecule has 0 aromatic carbocycles. The van der Waals surface area contributed by atoms with Gasteiger partial charge in [0.05, 0.1) is 6.04 Å². The summed E-state index contributed by atoms with van der Waals surface area (Å²) in [5, 5.41) is 11.6. The summed E-state index contributed by atoms with van der Waals surface area (Å²) >= 11 is 0. The Bertz CT molecular complexity index is 488. The summed E-state index contributed by atoms with van der Waals surface area (Å²) in [5.41, 5.74) is 0. The van der Waals surface area contributed by atoms with E-state index in [0.29, 0.717) is 18.9 Å². The van der Waals surface area contributed by atoms with Crippen molar-refractivity contribution < 1.29 is 14.4 Å². The predicted molar refractivity (Wildman–Crippen MR) is 87.9 cm³/mol. The van der Waals surface area contributed by atoms with Crippen LogP contribution in [0.5, 0.6) is 0 Å². The molecule has 3 rings (SSSR count). The number of imide groups is 1. The zero-order chi connectivity index (χ0) is 17.1. The normalized spacial score (nSPS) is 28.1. The highest BCUT2D eigenvalue weighted by Gasteiger charge is 2.39. The van der Waals surface area contributed by atoms with E-state index >= 15 is 0 Å². The van der Waals surface area contributed by atoms with E-state index in [9.17, 15) is 14.4 Å². The van der Waals surface area contributed by atoms with E-state index in [0.717, 1.165) is 4.90 Å². The molecule has 24 heavy (non-hydrogen) atoms. The van der Waals surface area contributed by atoms with Gasteiger partial charge in [-0.1, -0.05) is 19.3 Å². The van der Waals surface area contributed by atoms with Crippen molar-refractivity contribution in [3.8, 4) is 0 Å². The van der Waals surface area contributed by atoms with Crippen LogP contribution in [-0.4, -0.2) is 47.8 Å². The molecule has 1 unspecified atom stereocenters. The molecular weight excluding hydrogens is 310 g/mol. The first kappa shape index (κ1) is 17.0. The van der Waals surface area contributed by atoms with Crippen LogP contribution in [0.25, 0.3) is 0 Å². The lowest BCUT2D eigenvalue weighted by Gasteiger charge is -2.40. The number of hydrogen-bond acceptors (Lipinski definition) is 4. The van der Waals surface area contributed by atoms with Gasteiger partial charge in [0.2, 0.25) is 5.91 Å². The monoisotopic (exact) mass is 337 g/mol. The fourth-order valence-corrected chi connectivity index (χ4v) is 3.95. The van der Waals surface area contributed by atoms with Gasteiger partial charge in [0.25, 0.3) is 0 Å². The molecule has 8 nitrogen and oxygen atoms in total. The molecule has 0 spiro atoms. The minimum Gasteiger partial charge on any atom is -0.356 e. The smallest absolute Gasteiger partial charge is 0.328 e. The molecule has 2 heterocycles. The minimum absolute atomic E-state index is 0.127. The lowest BCUT2D eigenvalue weighted by molar-refractivity contribution is -0.123. The molecule has 1 saturated carbocycles. The van der Waals surface area contributed by atoms with E-state index in [1.54, 1.807) is 0 Å². The third-order valence-electron chi connectivity index (χ3n) is 5.35. The largest absolute Gasteiger partial charge is 0.356 e. The van der Waals surface area contributed by atoms with Gasteiger partial charge in [-0.15, -0.1) is 0 Å². The van der Waals surface area contributed by atoms with Crippen LogP contribution >= 0.6 is 0 Å². The summed E-state index contributed by atoms with van der Waals surface area (Å²) in [6.45, 7) is 2.59. The number of carbonyl (C=O) groups excluding carboxylic acids is 3. The van der Waals surface area contributed by atoms with E-state index in [2.05, 4.69) is 28.2 Å². The molecule has 3 aliphatic rings. The maximum atomic E-state index is 12.4. The zero-order valence-electron chi connectivity index (χ0n) is 14.1. The van der Waals surface area contributed by atoms with E-state index in [1.165, 1.54) is 32.1 Å². The van der Waals surface area contributed by atoms with Crippen molar-refractivity contribution in [2.45, 2.75) is 70.2 Å². The Kier molecular flexibility index (Phi) is 5.23. The number of carbonyl (C=O) groups is 3. The second-order valence-electron chi connectivity index (χ2n) is 7.05. The lowest BCUT2D eigenvalue weighted by atomic mass is 9.84.